The van der Waals surface area contributed by atoms with Gasteiger partial charge >= 0.3 is 0 Å². The molecule has 0 saturated carbocycles. The van der Waals surface area contributed by atoms with Gasteiger partial charge in [-0.05, 0) is 74.6 Å². The molecule has 5 nitrogen and oxygen atoms in total. The third-order valence-corrected chi connectivity index (χ3v) is 6.67. The van der Waals surface area contributed by atoms with Crippen LogP contribution in [-0.2, 0) is 22.6 Å². The highest BCUT2D eigenvalue weighted by molar-refractivity contribution is 6.32. The molecular weight excluding hydrogens is 472 g/mol. The fraction of sp³-hybridized carbons (Fsp3) is 0.333. The van der Waals surface area contributed by atoms with Gasteiger partial charge in [0.2, 0.25) is 5.91 Å². The first-order valence-corrected chi connectivity index (χ1v) is 12.6. The molecule has 1 atom stereocenters. The molecule has 0 radical (unpaired) electrons. The monoisotopic (exact) mass is 506 g/mol. The van der Waals surface area contributed by atoms with Gasteiger partial charge in [0, 0.05) is 24.0 Å². The zero-order valence-electron chi connectivity index (χ0n) is 21.7. The van der Waals surface area contributed by atoms with Gasteiger partial charge in [-0.25, -0.2) is 0 Å². The van der Waals surface area contributed by atoms with Crippen LogP contribution in [0.2, 0.25) is 5.02 Å². The number of carbonyl (C=O) groups excluding carboxylic acids is 2. The molecule has 0 unspecified atom stereocenters. The maximum absolute atomic E-state index is 13.7. The van der Waals surface area contributed by atoms with Crippen molar-refractivity contribution in [3.63, 3.8) is 0 Å². The lowest BCUT2D eigenvalue weighted by Crippen LogP contribution is -2.52. The minimum absolute atomic E-state index is 0.0533. The number of carbonyl (C=O) groups is 2. The number of nitrogens with zero attached hydrogens (tertiary/aromatic N) is 1. The molecule has 0 aliphatic heterocycles. The van der Waals surface area contributed by atoms with Crippen LogP contribution >= 0.6 is 11.6 Å². The van der Waals surface area contributed by atoms with Crippen LogP contribution < -0.4 is 10.1 Å². The Balaban J connectivity index is 1.93. The fourth-order valence-electron chi connectivity index (χ4n) is 4.12. The smallest absolute Gasteiger partial charge is 0.261 e. The molecule has 0 aliphatic carbocycles. The lowest BCUT2D eigenvalue weighted by molar-refractivity contribution is -0.143. The van der Waals surface area contributed by atoms with Crippen molar-refractivity contribution in [3.8, 4) is 5.75 Å². The summed E-state index contributed by atoms with van der Waals surface area (Å²) in [5, 5.41) is 3.69. The van der Waals surface area contributed by atoms with Crippen molar-refractivity contribution in [3.05, 3.63) is 99.6 Å². The molecule has 3 aromatic rings. The van der Waals surface area contributed by atoms with E-state index in [4.69, 9.17) is 16.3 Å². The lowest BCUT2D eigenvalue weighted by atomic mass is 10.0. The van der Waals surface area contributed by atoms with Crippen molar-refractivity contribution >= 4 is 23.4 Å². The van der Waals surface area contributed by atoms with Gasteiger partial charge in [0.05, 0.1) is 0 Å². The van der Waals surface area contributed by atoms with Gasteiger partial charge in [0.25, 0.3) is 5.91 Å². The second-order valence-corrected chi connectivity index (χ2v) is 9.85. The summed E-state index contributed by atoms with van der Waals surface area (Å²) in [7, 11) is 0. The maximum Gasteiger partial charge on any atom is 0.261 e. The van der Waals surface area contributed by atoms with Crippen molar-refractivity contribution in [1.82, 2.24) is 10.2 Å². The maximum atomic E-state index is 13.7. The van der Waals surface area contributed by atoms with Crippen LogP contribution in [0.25, 0.3) is 0 Å². The third kappa shape index (κ3) is 7.34. The fourth-order valence-corrected chi connectivity index (χ4v) is 4.23. The number of nitrogens with one attached hydrogen (secondary N) is 1. The number of ether oxygens (including phenoxy) is 1. The second kappa shape index (κ2) is 12.6. The van der Waals surface area contributed by atoms with Crippen molar-refractivity contribution in [2.45, 2.75) is 59.7 Å². The third-order valence-electron chi connectivity index (χ3n) is 6.08. The van der Waals surface area contributed by atoms with E-state index in [0.29, 0.717) is 23.7 Å². The zero-order valence-corrected chi connectivity index (χ0v) is 22.4. The number of hydrogen-bond acceptors (Lipinski definition) is 3. The van der Waals surface area contributed by atoms with E-state index in [1.807, 2.05) is 101 Å². The number of hydrogen-bond donors (Lipinski definition) is 1. The van der Waals surface area contributed by atoms with Gasteiger partial charge in [0.15, 0.2) is 6.61 Å². The summed E-state index contributed by atoms with van der Waals surface area (Å²) in [5.41, 5.74) is 4.79. The number of halogens is 1. The molecule has 0 bridgehead atoms. The molecule has 0 fully saturated rings. The van der Waals surface area contributed by atoms with E-state index in [0.717, 1.165) is 27.8 Å². The van der Waals surface area contributed by atoms with Crippen molar-refractivity contribution < 1.29 is 14.3 Å². The van der Waals surface area contributed by atoms with E-state index in [2.05, 4.69) is 5.32 Å². The van der Waals surface area contributed by atoms with Crippen molar-refractivity contribution in [2.24, 2.45) is 0 Å². The van der Waals surface area contributed by atoms with Crippen LogP contribution in [0.3, 0.4) is 0 Å². The quantitative estimate of drug-likeness (QED) is 0.377. The first-order chi connectivity index (χ1) is 17.2. The second-order valence-electron chi connectivity index (χ2n) is 9.48. The Morgan fingerprint density at radius 1 is 0.917 bits per heavy atom. The molecule has 0 spiro atoms. The normalized spacial score (nSPS) is 11.8. The molecule has 1 N–H and O–H groups in total. The standard InChI is InChI=1S/C30H35ClN2O3/c1-20(2)32-30(35)27(17-24-12-7-6-8-13-24)33(18-25-14-10-9-11-21(25)3)28(34)19-36-26-15-22(4)29(31)23(5)16-26/h6-16,20,27H,17-19H2,1-5H3,(H,32,35)/t27-/m1/s1. The highest BCUT2D eigenvalue weighted by atomic mass is 35.5. The van der Waals surface area contributed by atoms with E-state index >= 15 is 0 Å². The average Bonchev–Trinajstić information content (AvgIpc) is 2.84. The number of benzene rings is 3. The number of aryl methyl sites for hydroxylation is 3. The summed E-state index contributed by atoms with van der Waals surface area (Å²) in [4.78, 5) is 28.7. The molecule has 0 heterocycles. The van der Waals surface area contributed by atoms with Crippen LogP contribution in [0.4, 0.5) is 0 Å². The molecule has 2 amide bonds. The summed E-state index contributed by atoms with van der Waals surface area (Å²) in [6, 6.07) is 20.6. The molecule has 36 heavy (non-hydrogen) atoms. The number of rotatable bonds is 10. The lowest BCUT2D eigenvalue weighted by Gasteiger charge is -2.32. The summed E-state index contributed by atoms with van der Waals surface area (Å²) >= 11 is 6.29. The van der Waals surface area contributed by atoms with Gasteiger partial charge < -0.3 is 15.0 Å². The molecule has 3 rings (SSSR count). The SMILES string of the molecule is Cc1ccccc1CN(C(=O)COc1cc(C)c(Cl)c(C)c1)[C@H](Cc1ccccc1)C(=O)NC(C)C. The molecule has 0 saturated heterocycles. The minimum atomic E-state index is -0.695. The molecule has 190 valence electrons. The predicted molar refractivity (Wildman–Crippen MR) is 145 cm³/mol. The molecular formula is C30H35ClN2O3. The van der Waals surface area contributed by atoms with E-state index < -0.39 is 6.04 Å². The van der Waals surface area contributed by atoms with E-state index in [1.165, 1.54) is 0 Å². The molecule has 0 aromatic heterocycles. The topological polar surface area (TPSA) is 58.6 Å². The molecule has 6 heteroatoms. The van der Waals surface area contributed by atoms with Gasteiger partial charge in [-0.15, -0.1) is 0 Å². The zero-order chi connectivity index (χ0) is 26.2. The van der Waals surface area contributed by atoms with E-state index in [9.17, 15) is 9.59 Å². The van der Waals surface area contributed by atoms with Crippen LogP contribution in [0, 0.1) is 20.8 Å². The van der Waals surface area contributed by atoms with Crippen LogP contribution in [-0.4, -0.2) is 35.4 Å². The highest BCUT2D eigenvalue weighted by Crippen LogP contribution is 2.26. The first-order valence-electron chi connectivity index (χ1n) is 12.2. The van der Waals surface area contributed by atoms with E-state index in [-0.39, 0.29) is 24.5 Å². The first kappa shape index (κ1) is 27.3. The van der Waals surface area contributed by atoms with Gasteiger partial charge in [0.1, 0.15) is 11.8 Å². The van der Waals surface area contributed by atoms with Crippen molar-refractivity contribution in [1.29, 1.82) is 0 Å². The predicted octanol–water partition coefficient (Wildman–Crippen LogP) is 5.81. The van der Waals surface area contributed by atoms with Gasteiger partial charge in [-0.2, -0.15) is 0 Å². The summed E-state index contributed by atoms with van der Waals surface area (Å²) in [6.45, 7) is 9.76. The van der Waals surface area contributed by atoms with Crippen LogP contribution in [0.15, 0.2) is 66.7 Å². The van der Waals surface area contributed by atoms with Gasteiger partial charge in [-0.1, -0.05) is 66.2 Å². The Morgan fingerprint density at radius 2 is 1.53 bits per heavy atom. The van der Waals surface area contributed by atoms with Crippen molar-refractivity contribution in [2.75, 3.05) is 6.61 Å². The Morgan fingerprint density at radius 3 is 2.14 bits per heavy atom. The minimum Gasteiger partial charge on any atom is -0.484 e. The summed E-state index contributed by atoms with van der Waals surface area (Å²) in [6.07, 6.45) is 0.399. The number of amides is 2. The Bertz CT molecular complexity index is 1170. The summed E-state index contributed by atoms with van der Waals surface area (Å²) < 4.78 is 5.91. The van der Waals surface area contributed by atoms with Crippen LogP contribution in [0.5, 0.6) is 5.75 Å². The highest BCUT2D eigenvalue weighted by Gasteiger charge is 2.31. The average molecular weight is 507 g/mol. The Labute approximate surface area is 219 Å². The molecule has 3 aromatic carbocycles. The molecule has 0 aliphatic rings. The van der Waals surface area contributed by atoms with E-state index in [1.54, 1.807) is 4.90 Å². The van der Waals surface area contributed by atoms with Crippen LogP contribution in [0.1, 0.15) is 41.7 Å². The van der Waals surface area contributed by atoms with Gasteiger partial charge in [-0.3, -0.25) is 9.59 Å². The Hall–Kier alpha value is -3.31. The largest absolute Gasteiger partial charge is 0.484 e. The summed E-state index contributed by atoms with van der Waals surface area (Å²) in [5.74, 6) is 0.127. The Kier molecular flexibility index (Phi) is 9.54.